The van der Waals surface area contributed by atoms with Crippen LogP contribution in [-0.2, 0) is 0 Å². The van der Waals surface area contributed by atoms with Gasteiger partial charge in [0.05, 0.1) is 0 Å². The molecule has 0 bridgehead atoms. The fourth-order valence-corrected chi connectivity index (χ4v) is 3.00. The summed E-state index contributed by atoms with van der Waals surface area (Å²) in [5.41, 5.74) is 7.25. The van der Waals surface area contributed by atoms with Crippen LogP contribution in [0.25, 0.3) is 11.0 Å². The molecular weight excluding hydrogens is 252 g/mol. The number of hydrogen-bond donors (Lipinski definition) is 2. The number of anilines is 1. The molecule has 20 heavy (non-hydrogen) atoms. The van der Waals surface area contributed by atoms with Crippen LogP contribution in [0.1, 0.15) is 43.7 Å². The molecule has 2 aromatic rings. The largest absolute Gasteiger partial charge is 0.451 e. The molecule has 0 saturated heterocycles. The SMILES string of the molecule is CC1(C)CCCC1NC(=O)c1cc2cc(N)ccc2o1. The van der Waals surface area contributed by atoms with E-state index in [1.807, 2.05) is 6.07 Å². The molecule has 0 spiro atoms. The Kier molecular flexibility index (Phi) is 2.96. The number of carbonyl (C=O) groups excluding carboxylic acids is 1. The number of hydrogen-bond acceptors (Lipinski definition) is 3. The predicted molar refractivity (Wildman–Crippen MR) is 79.5 cm³/mol. The standard InChI is InChI=1S/C16H20N2O2/c1-16(2)7-3-4-14(16)18-15(19)13-9-10-8-11(17)5-6-12(10)20-13/h5-6,8-9,14H,3-4,7,17H2,1-2H3,(H,18,19). The van der Waals surface area contributed by atoms with Crippen LogP contribution in [0.15, 0.2) is 28.7 Å². The molecule has 1 saturated carbocycles. The van der Waals surface area contributed by atoms with Gasteiger partial charge in [-0.15, -0.1) is 0 Å². The molecule has 1 aromatic carbocycles. The number of nitrogen functional groups attached to an aromatic ring is 1. The molecule has 1 aromatic heterocycles. The van der Waals surface area contributed by atoms with Crippen molar-refractivity contribution in [3.05, 3.63) is 30.0 Å². The Hall–Kier alpha value is -1.97. The summed E-state index contributed by atoms with van der Waals surface area (Å²) in [5.74, 6) is 0.216. The molecule has 4 heteroatoms. The van der Waals surface area contributed by atoms with Crippen LogP contribution >= 0.6 is 0 Å². The van der Waals surface area contributed by atoms with Gasteiger partial charge >= 0.3 is 0 Å². The van der Waals surface area contributed by atoms with Crippen LogP contribution in [0.4, 0.5) is 5.69 Å². The average molecular weight is 272 g/mol. The van der Waals surface area contributed by atoms with Crippen LogP contribution in [0.3, 0.4) is 0 Å². The summed E-state index contributed by atoms with van der Waals surface area (Å²) >= 11 is 0. The number of rotatable bonds is 2. The zero-order valence-corrected chi connectivity index (χ0v) is 11.9. The normalized spacial score (nSPS) is 21.2. The number of benzene rings is 1. The quantitative estimate of drug-likeness (QED) is 0.824. The summed E-state index contributed by atoms with van der Waals surface area (Å²) in [4.78, 5) is 12.3. The Labute approximate surface area is 118 Å². The van der Waals surface area contributed by atoms with Gasteiger partial charge in [0.2, 0.25) is 0 Å². The first-order chi connectivity index (χ1) is 9.45. The molecule has 1 atom stereocenters. The highest BCUT2D eigenvalue weighted by Crippen LogP contribution is 2.37. The lowest BCUT2D eigenvalue weighted by Gasteiger charge is -2.27. The Morgan fingerprint density at radius 2 is 2.20 bits per heavy atom. The molecule has 1 aliphatic rings. The van der Waals surface area contributed by atoms with E-state index >= 15 is 0 Å². The van der Waals surface area contributed by atoms with Gasteiger partial charge in [-0.2, -0.15) is 0 Å². The summed E-state index contributed by atoms with van der Waals surface area (Å²) in [6.45, 7) is 4.40. The van der Waals surface area contributed by atoms with Gasteiger partial charge < -0.3 is 15.5 Å². The Bertz CT molecular complexity index is 658. The van der Waals surface area contributed by atoms with Crippen LogP contribution in [0, 0.1) is 5.41 Å². The Morgan fingerprint density at radius 1 is 1.40 bits per heavy atom. The van der Waals surface area contributed by atoms with Gasteiger partial charge in [0, 0.05) is 17.1 Å². The molecule has 1 unspecified atom stereocenters. The summed E-state index contributed by atoms with van der Waals surface area (Å²) in [7, 11) is 0. The van der Waals surface area contributed by atoms with Crippen molar-refractivity contribution < 1.29 is 9.21 Å². The number of furan rings is 1. The molecule has 0 aliphatic heterocycles. The lowest BCUT2D eigenvalue weighted by atomic mass is 9.87. The van der Waals surface area contributed by atoms with E-state index in [1.165, 1.54) is 0 Å². The minimum atomic E-state index is -0.139. The molecule has 0 radical (unpaired) electrons. The summed E-state index contributed by atoms with van der Waals surface area (Å²) in [5, 5.41) is 3.96. The maximum atomic E-state index is 12.3. The molecule has 1 heterocycles. The van der Waals surface area contributed by atoms with Crippen LogP contribution in [0.5, 0.6) is 0 Å². The van der Waals surface area contributed by atoms with Crippen molar-refractivity contribution in [2.75, 3.05) is 5.73 Å². The molecule has 4 nitrogen and oxygen atoms in total. The van der Waals surface area contributed by atoms with Gasteiger partial charge in [-0.05, 0) is 42.5 Å². The molecule has 3 N–H and O–H groups in total. The maximum absolute atomic E-state index is 12.3. The highest BCUT2D eigenvalue weighted by atomic mass is 16.3. The maximum Gasteiger partial charge on any atom is 0.287 e. The molecule has 106 valence electrons. The summed E-state index contributed by atoms with van der Waals surface area (Å²) in [6.07, 6.45) is 3.34. The number of nitrogens with one attached hydrogen (secondary N) is 1. The molecule has 1 aliphatic carbocycles. The topological polar surface area (TPSA) is 68.3 Å². The van der Waals surface area contributed by atoms with Crippen molar-refractivity contribution >= 4 is 22.6 Å². The van der Waals surface area contributed by atoms with Crippen LogP contribution in [-0.4, -0.2) is 11.9 Å². The monoisotopic (exact) mass is 272 g/mol. The molecule has 1 amide bonds. The van der Waals surface area contributed by atoms with Gasteiger partial charge in [-0.25, -0.2) is 0 Å². The van der Waals surface area contributed by atoms with Crippen molar-refractivity contribution in [2.24, 2.45) is 5.41 Å². The fraction of sp³-hybridized carbons (Fsp3) is 0.438. The number of nitrogens with two attached hydrogens (primary N) is 1. The van der Waals surface area contributed by atoms with E-state index in [-0.39, 0.29) is 17.4 Å². The van der Waals surface area contributed by atoms with E-state index < -0.39 is 0 Å². The first-order valence-corrected chi connectivity index (χ1v) is 7.06. The average Bonchev–Trinajstić information content (AvgIpc) is 2.93. The third-order valence-corrected chi connectivity index (χ3v) is 4.33. The first-order valence-electron chi connectivity index (χ1n) is 7.06. The first kappa shape index (κ1) is 13.0. The van der Waals surface area contributed by atoms with E-state index in [0.717, 1.165) is 24.6 Å². The van der Waals surface area contributed by atoms with Crippen molar-refractivity contribution in [3.63, 3.8) is 0 Å². The van der Waals surface area contributed by atoms with Gasteiger partial charge in [-0.3, -0.25) is 4.79 Å². The Balaban J connectivity index is 1.82. The lowest BCUT2D eigenvalue weighted by Crippen LogP contribution is -2.41. The van der Waals surface area contributed by atoms with Gasteiger partial charge in [0.15, 0.2) is 5.76 Å². The van der Waals surface area contributed by atoms with Crippen molar-refractivity contribution in [1.82, 2.24) is 5.32 Å². The second-order valence-corrected chi connectivity index (χ2v) is 6.31. The van der Waals surface area contributed by atoms with E-state index in [2.05, 4.69) is 19.2 Å². The zero-order chi connectivity index (χ0) is 14.3. The minimum absolute atomic E-state index is 0.139. The fourth-order valence-electron chi connectivity index (χ4n) is 3.00. The second-order valence-electron chi connectivity index (χ2n) is 6.31. The van der Waals surface area contributed by atoms with E-state index in [9.17, 15) is 4.79 Å². The van der Waals surface area contributed by atoms with Crippen molar-refractivity contribution in [3.8, 4) is 0 Å². The van der Waals surface area contributed by atoms with Crippen molar-refractivity contribution in [1.29, 1.82) is 0 Å². The number of amides is 1. The van der Waals surface area contributed by atoms with E-state index in [1.54, 1.807) is 18.2 Å². The third kappa shape index (κ3) is 2.26. The Morgan fingerprint density at radius 3 is 2.90 bits per heavy atom. The highest BCUT2D eigenvalue weighted by molar-refractivity contribution is 5.96. The zero-order valence-electron chi connectivity index (χ0n) is 11.9. The van der Waals surface area contributed by atoms with Gasteiger partial charge in [0.25, 0.3) is 5.91 Å². The third-order valence-electron chi connectivity index (χ3n) is 4.33. The molecule has 3 rings (SSSR count). The van der Waals surface area contributed by atoms with Crippen molar-refractivity contribution in [2.45, 2.75) is 39.2 Å². The van der Waals surface area contributed by atoms with E-state index in [4.69, 9.17) is 10.2 Å². The lowest BCUT2D eigenvalue weighted by molar-refractivity contribution is 0.0884. The van der Waals surface area contributed by atoms with Crippen LogP contribution < -0.4 is 11.1 Å². The van der Waals surface area contributed by atoms with E-state index in [0.29, 0.717) is 17.0 Å². The highest BCUT2D eigenvalue weighted by Gasteiger charge is 2.35. The molecule has 1 fully saturated rings. The number of carbonyl (C=O) groups is 1. The van der Waals surface area contributed by atoms with Crippen LogP contribution in [0.2, 0.25) is 0 Å². The minimum Gasteiger partial charge on any atom is -0.451 e. The predicted octanol–water partition coefficient (Wildman–Crippen LogP) is 3.32. The van der Waals surface area contributed by atoms with Gasteiger partial charge in [-0.1, -0.05) is 20.3 Å². The summed E-state index contributed by atoms with van der Waals surface area (Å²) < 4.78 is 5.60. The summed E-state index contributed by atoms with van der Waals surface area (Å²) in [6, 6.07) is 7.35. The number of fused-ring (bicyclic) bond motifs is 1. The smallest absolute Gasteiger partial charge is 0.287 e. The molecular formula is C16H20N2O2. The van der Waals surface area contributed by atoms with Gasteiger partial charge in [0.1, 0.15) is 5.58 Å². The second kappa shape index (κ2) is 4.54.